The van der Waals surface area contributed by atoms with Gasteiger partial charge in [-0.15, -0.1) is 0 Å². The van der Waals surface area contributed by atoms with Gasteiger partial charge in [-0.1, -0.05) is 36.2 Å². The Hall–Kier alpha value is -1.33. The van der Waals surface area contributed by atoms with E-state index in [2.05, 4.69) is 42.6 Å². The number of benzene rings is 1. The van der Waals surface area contributed by atoms with E-state index in [1.165, 1.54) is 17.5 Å². The van der Waals surface area contributed by atoms with Gasteiger partial charge in [0.2, 0.25) is 0 Å². The van der Waals surface area contributed by atoms with Gasteiger partial charge in [-0.2, -0.15) is 5.26 Å². The average molecular weight is 214 g/mol. The minimum Gasteiger partial charge on any atom is -0.309 e. The average Bonchev–Trinajstić information content (AvgIpc) is 2.74. The second-order valence-electron chi connectivity index (χ2n) is 4.64. The summed E-state index contributed by atoms with van der Waals surface area (Å²) in [6.07, 6.45) is 3.38. The van der Waals surface area contributed by atoms with Crippen molar-refractivity contribution in [2.75, 3.05) is 0 Å². The van der Waals surface area contributed by atoms with Crippen molar-refractivity contribution in [3.05, 3.63) is 35.4 Å². The molecular weight excluding hydrogens is 196 g/mol. The molecule has 1 fully saturated rings. The highest BCUT2D eigenvalue weighted by Crippen LogP contribution is 2.25. The summed E-state index contributed by atoms with van der Waals surface area (Å²) in [5, 5.41) is 12.5. The second kappa shape index (κ2) is 5.14. The predicted octanol–water partition coefficient (Wildman–Crippen LogP) is 2.78. The van der Waals surface area contributed by atoms with E-state index >= 15 is 0 Å². The Morgan fingerprint density at radius 3 is 3.06 bits per heavy atom. The van der Waals surface area contributed by atoms with Crippen LogP contribution in [-0.4, -0.2) is 6.04 Å². The fourth-order valence-electron chi connectivity index (χ4n) is 2.43. The van der Waals surface area contributed by atoms with Crippen molar-refractivity contribution >= 4 is 0 Å². The van der Waals surface area contributed by atoms with Crippen LogP contribution in [0.15, 0.2) is 24.3 Å². The van der Waals surface area contributed by atoms with E-state index in [0.717, 1.165) is 19.4 Å². The SMILES string of the molecule is Cc1cccc(CNC2CCCC2C#N)c1. The first-order chi connectivity index (χ1) is 7.79. The van der Waals surface area contributed by atoms with Gasteiger partial charge in [-0.3, -0.25) is 0 Å². The summed E-state index contributed by atoms with van der Waals surface area (Å²) in [6, 6.07) is 11.3. The molecular formula is C14H18N2. The van der Waals surface area contributed by atoms with Crippen molar-refractivity contribution in [2.45, 2.75) is 38.8 Å². The molecule has 0 radical (unpaired) electrons. The first-order valence-corrected chi connectivity index (χ1v) is 5.98. The Bertz CT molecular complexity index is 392. The molecule has 1 saturated carbocycles. The Kier molecular flexibility index (Phi) is 3.58. The summed E-state index contributed by atoms with van der Waals surface area (Å²) in [5.74, 6) is 0.213. The van der Waals surface area contributed by atoms with Crippen molar-refractivity contribution in [3.8, 4) is 6.07 Å². The first kappa shape index (κ1) is 11.2. The Labute approximate surface area is 97.3 Å². The van der Waals surface area contributed by atoms with E-state index in [-0.39, 0.29) is 5.92 Å². The highest BCUT2D eigenvalue weighted by atomic mass is 14.9. The summed E-state index contributed by atoms with van der Waals surface area (Å²) < 4.78 is 0. The van der Waals surface area contributed by atoms with Crippen molar-refractivity contribution in [1.29, 1.82) is 5.26 Å². The topological polar surface area (TPSA) is 35.8 Å². The molecule has 1 aromatic carbocycles. The summed E-state index contributed by atoms with van der Waals surface area (Å²) in [5.41, 5.74) is 2.60. The lowest BCUT2D eigenvalue weighted by molar-refractivity contribution is 0.464. The third-order valence-corrected chi connectivity index (χ3v) is 3.33. The zero-order chi connectivity index (χ0) is 11.4. The normalized spacial score (nSPS) is 24.2. The van der Waals surface area contributed by atoms with E-state index in [1.54, 1.807) is 0 Å². The van der Waals surface area contributed by atoms with Crippen LogP contribution in [0, 0.1) is 24.2 Å². The molecule has 1 aliphatic carbocycles. The molecule has 2 nitrogen and oxygen atoms in total. The molecule has 2 atom stereocenters. The minimum atomic E-state index is 0.213. The van der Waals surface area contributed by atoms with Crippen molar-refractivity contribution in [2.24, 2.45) is 5.92 Å². The molecule has 2 unspecified atom stereocenters. The molecule has 0 spiro atoms. The number of nitriles is 1. The number of nitrogens with zero attached hydrogens (tertiary/aromatic N) is 1. The highest BCUT2D eigenvalue weighted by molar-refractivity contribution is 5.22. The van der Waals surface area contributed by atoms with Crippen LogP contribution in [0.4, 0.5) is 0 Å². The molecule has 0 saturated heterocycles. The van der Waals surface area contributed by atoms with Crippen LogP contribution in [0.3, 0.4) is 0 Å². The molecule has 1 N–H and O–H groups in total. The minimum absolute atomic E-state index is 0.213. The molecule has 16 heavy (non-hydrogen) atoms. The second-order valence-corrected chi connectivity index (χ2v) is 4.64. The monoisotopic (exact) mass is 214 g/mol. The zero-order valence-corrected chi connectivity index (χ0v) is 9.74. The Morgan fingerprint density at radius 1 is 1.44 bits per heavy atom. The van der Waals surface area contributed by atoms with Gasteiger partial charge in [0, 0.05) is 12.6 Å². The summed E-state index contributed by atoms with van der Waals surface area (Å²) in [6.45, 7) is 2.99. The van der Waals surface area contributed by atoms with Crippen LogP contribution < -0.4 is 5.32 Å². The van der Waals surface area contributed by atoms with E-state index in [9.17, 15) is 0 Å². The van der Waals surface area contributed by atoms with E-state index in [0.29, 0.717) is 6.04 Å². The van der Waals surface area contributed by atoms with E-state index in [1.807, 2.05) is 0 Å². The third-order valence-electron chi connectivity index (χ3n) is 3.33. The largest absolute Gasteiger partial charge is 0.309 e. The van der Waals surface area contributed by atoms with Crippen LogP contribution in [0.2, 0.25) is 0 Å². The fourth-order valence-corrected chi connectivity index (χ4v) is 2.43. The van der Waals surface area contributed by atoms with Crippen LogP contribution in [0.1, 0.15) is 30.4 Å². The van der Waals surface area contributed by atoms with Gasteiger partial charge in [-0.25, -0.2) is 0 Å². The number of hydrogen-bond donors (Lipinski definition) is 1. The number of aryl methyl sites for hydroxylation is 1. The summed E-state index contributed by atoms with van der Waals surface area (Å²) in [4.78, 5) is 0. The highest BCUT2D eigenvalue weighted by Gasteiger charge is 2.26. The molecule has 0 aliphatic heterocycles. The maximum atomic E-state index is 8.99. The molecule has 2 heteroatoms. The Balaban J connectivity index is 1.90. The number of nitrogens with one attached hydrogen (secondary N) is 1. The van der Waals surface area contributed by atoms with E-state index < -0.39 is 0 Å². The zero-order valence-electron chi connectivity index (χ0n) is 9.74. The molecule has 0 amide bonds. The Morgan fingerprint density at radius 2 is 2.31 bits per heavy atom. The van der Waals surface area contributed by atoms with Gasteiger partial charge in [-0.05, 0) is 25.3 Å². The smallest absolute Gasteiger partial charge is 0.0672 e. The maximum absolute atomic E-state index is 8.99. The maximum Gasteiger partial charge on any atom is 0.0672 e. The van der Waals surface area contributed by atoms with Gasteiger partial charge in [0.1, 0.15) is 0 Å². The first-order valence-electron chi connectivity index (χ1n) is 5.98. The number of hydrogen-bond acceptors (Lipinski definition) is 2. The molecule has 2 rings (SSSR count). The van der Waals surface area contributed by atoms with Gasteiger partial charge < -0.3 is 5.32 Å². The van der Waals surface area contributed by atoms with Crippen molar-refractivity contribution < 1.29 is 0 Å². The van der Waals surface area contributed by atoms with Crippen LogP contribution in [-0.2, 0) is 6.54 Å². The molecule has 84 valence electrons. The predicted molar refractivity (Wildman–Crippen MR) is 64.8 cm³/mol. The molecule has 0 bridgehead atoms. The third kappa shape index (κ3) is 2.62. The quantitative estimate of drug-likeness (QED) is 0.839. The molecule has 0 heterocycles. The number of rotatable bonds is 3. The van der Waals surface area contributed by atoms with Gasteiger partial charge in [0.15, 0.2) is 0 Å². The van der Waals surface area contributed by atoms with Crippen LogP contribution in [0.5, 0.6) is 0 Å². The summed E-state index contributed by atoms with van der Waals surface area (Å²) >= 11 is 0. The molecule has 1 aromatic rings. The standard InChI is InChI=1S/C14H18N2/c1-11-4-2-5-12(8-11)10-16-14-7-3-6-13(14)9-15/h2,4-5,8,13-14,16H,3,6-7,10H2,1H3. The lowest BCUT2D eigenvalue weighted by Crippen LogP contribution is -2.31. The van der Waals surface area contributed by atoms with E-state index in [4.69, 9.17) is 5.26 Å². The van der Waals surface area contributed by atoms with Crippen LogP contribution >= 0.6 is 0 Å². The van der Waals surface area contributed by atoms with Crippen molar-refractivity contribution in [3.63, 3.8) is 0 Å². The lowest BCUT2D eigenvalue weighted by Gasteiger charge is -2.15. The van der Waals surface area contributed by atoms with Gasteiger partial charge >= 0.3 is 0 Å². The summed E-state index contributed by atoms with van der Waals surface area (Å²) in [7, 11) is 0. The van der Waals surface area contributed by atoms with Gasteiger partial charge in [0.05, 0.1) is 12.0 Å². The van der Waals surface area contributed by atoms with Crippen LogP contribution in [0.25, 0.3) is 0 Å². The van der Waals surface area contributed by atoms with Crippen molar-refractivity contribution in [1.82, 2.24) is 5.32 Å². The fraction of sp³-hybridized carbons (Fsp3) is 0.500. The molecule has 1 aliphatic rings. The lowest BCUT2D eigenvalue weighted by atomic mass is 10.1. The molecule has 0 aromatic heterocycles. The van der Waals surface area contributed by atoms with Gasteiger partial charge in [0.25, 0.3) is 0 Å².